The first-order valence-corrected chi connectivity index (χ1v) is 9.06. The number of nitro benzene ring substituents is 1. The lowest BCUT2D eigenvalue weighted by atomic mass is 10.0. The van der Waals surface area contributed by atoms with Gasteiger partial charge in [0.1, 0.15) is 11.5 Å². The van der Waals surface area contributed by atoms with Gasteiger partial charge < -0.3 is 10.2 Å². The fourth-order valence-electron chi connectivity index (χ4n) is 3.28. The molecular formula is C19H19ClFN3O3. The van der Waals surface area contributed by atoms with Gasteiger partial charge >= 0.3 is 0 Å². The highest BCUT2D eigenvalue weighted by Gasteiger charge is 2.27. The van der Waals surface area contributed by atoms with Crippen molar-refractivity contribution in [2.24, 2.45) is 0 Å². The quantitative estimate of drug-likeness (QED) is 0.586. The summed E-state index contributed by atoms with van der Waals surface area (Å²) in [5.74, 6) is -0.912. The molecule has 0 aliphatic carbocycles. The molecule has 6 nitrogen and oxygen atoms in total. The van der Waals surface area contributed by atoms with Gasteiger partial charge in [-0.25, -0.2) is 4.39 Å². The van der Waals surface area contributed by atoms with E-state index in [0.29, 0.717) is 12.2 Å². The third-order valence-electron chi connectivity index (χ3n) is 4.73. The molecular weight excluding hydrogens is 373 g/mol. The van der Waals surface area contributed by atoms with Crippen molar-refractivity contribution in [1.29, 1.82) is 0 Å². The monoisotopic (exact) mass is 391 g/mol. The number of hydrogen-bond acceptors (Lipinski definition) is 4. The molecule has 8 heteroatoms. The second-order valence-electron chi connectivity index (χ2n) is 6.58. The number of hydrogen-bond donors (Lipinski definition) is 1. The van der Waals surface area contributed by atoms with Crippen molar-refractivity contribution in [3.05, 3.63) is 62.9 Å². The third kappa shape index (κ3) is 4.19. The van der Waals surface area contributed by atoms with Crippen LogP contribution >= 0.6 is 11.6 Å². The maximum atomic E-state index is 13.0. The highest BCUT2D eigenvalue weighted by molar-refractivity contribution is 6.34. The van der Waals surface area contributed by atoms with Gasteiger partial charge in [0.05, 0.1) is 15.6 Å². The molecule has 1 heterocycles. The minimum Gasteiger partial charge on any atom is -0.363 e. The SMILES string of the molecule is C[C@H]1CCCCN1c1cc(NC(=O)c2ccc(F)cc2)c(Cl)cc1[N+](=O)[O-]. The highest BCUT2D eigenvalue weighted by atomic mass is 35.5. The molecule has 1 amide bonds. The van der Waals surface area contributed by atoms with Crippen LogP contribution in [0.25, 0.3) is 0 Å². The lowest BCUT2D eigenvalue weighted by Crippen LogP contribution is -2.37. The average molecular weight is 392 g/mol. The van der Waals surface area contributed by atoms with E-state index in [1.165, 1.54) is 30.3 Å². The summed E-state index contributed by atoms with van der Waals surface area (Å²) in [6.07, 6.45) is 2.96. The van der Waals surface area contributed by atoms with E-state index in [2.05, 4.69) is 5.32 Å². The predicted molar refractivity (Wildman–Crippen MR) is 103 cm³/mol. The molecule has 1 atom stereocenters. The number of carbonyl (C=O) groups excluding carboxylic acids is 1. The van der Waals surface area contributed by atoms with E-state index < -0.39 is 16.6 Å². The van der Waals surface area contributed by atoms with Crippen LogP contribution in [0, 0.1) is 15.9 Å². The predicted octanol–water partition coefficient (Wildman–Crippen LogP) is 5.02. The van der Waals surface area contributed by atoms with Crippen LogP contribution in [-0.4, -0.2) is 23.4 Å². The molecule has 2 aromatic rings. The Hall–Kier alpha value is -2.67. The van der Waals surface area contributed by atoms with E-state index in [1.54, 1.807) is 6.07 Å². The summed E-state index contributed by atoms with van der Waals surface area (Å²) in [6.45, 7) is 2.73. The van der Waals surface area contributed by atoms with E-state index in [9.17, 15) is 19.3 Å². The van der Waals surface area contributed by atoms with Gasteiger partial charge in [-0.3, -0.25) is 14.9 Å². The number of nitrogens with zero attached hydrogens (tertiary/aromatic N) is 2. The molecule has 1 saturated heterocycles. The van der Waals surface area contributed by atoms with Gasteiger partial charge in [0.25, 0.3) is 11.6 Å². The first-order chi connectivity index (χ1) is 12.9. The van der Waals surface area contributed by atoms with Gasteiger partial charge in [0, 0.05) is 24.2 Å². The Morgan fingerprint density at radius 3 is 2.63 bits per heavy atom. The molecule has 1 N–H and O–H groups in total. The Morgan fingerprint density at radius 2 is 2.00 bits per heavy atom. The van der Waals surface area contributed by atoms with Crippen molar-refractivity contribution >= 4 is 34.6 Å². The number of benzene rings is 2. The van der Waals surface area contributed by atoms with Crippen LogP contribution in [0.2, 0.25) is 5.02 Å². The van der Waals surface area contributed by atoms with Crippen LogP contribution in [0.3, 0.4) is 0 Å². The molecule has 142 valence electrons. The van der Waals surface area contributed by atoms with Gasteiger partial charge in [0.15, 0.2) is 0 Å². The summed E-state index contributed by atoms with van der Waals surface area (Å²) in [7, 11) is 0. The van der Waals surface area contributed by atoms with E-state index in [1.807, 2.05) is 11.8 Å². The summed E-state index contributed by atoms with van der Waals surface area (Å²) in [5, 5.41) is 14.2. The van der Waals surface area contributed by atoms with Crippen molar-refractivity contribution in [2.45, 2.75) is 32.2 Å². The number of halogens is 2. The van der Waals surface area contributed by atoms with Gasteiger partial charge in [0.2, 0.25) is 0 Å². The molecule has 27 heavy (non-hydrogen) atoms. The molecule has 0 unspecified atom stereocenters. The van der Waals surface area contributed by atoms with Gasteiger partial charge in [-0.15, -0.1) is 0 Å². The first-order valence-electron chi connectivity index (χ1n) is 8.68. The van der Waals surface area contributed by atoms with Crippen LogP contribution in [0.4, 0.5) is 21.5 Å². The van der Waals surface area contributed by atoms with E-state index >= 15 is 0 Å². The fraction of sp³-hybridized carbons (Fsp3) is 0.316. The second-order valence-corrected chi connectivity index (χ2v) is 6.98. The minimum atomic E-state index is -0.469. The molecule has 2 aromatic carbocycles. The number of carbonyl (C=O) groups is 1. The first kappa shape index (κ1) is 19.1. The lowest BCUT2D eigenvalue weighted by molar-refractivity contribution is -0.384. The topological polar surface area (TPSA) is 75.5 Å². The van der Waals surface area contributed by atoms with Gasteiger partial charge in [-0.1, -0.05) is 11.6 Å². The third-order valence-corrected chi connectivity index (χ3v) is 5.04. The molecule has 3 rings (SSSR count). The Morgan fingerprint density at radius 1 is 1.30 bits per heavy atom. The number of anilines is 2. The van der Waals surface area contributed by atoms with Gasteiger partial charge in [-0.05, 0) is 56.5 Å². The molecule has 0 aromatic heterocycles. The van der Waals surface area contributed by atoms with E-state index in [-0.39, 0.29) is 28.0 Å². The maximum absolute atomic E-state index is 13.0. The summed E-state index contributed by atoms with van der Waals surface area (Å²) >= 11 is 6.18. The maximum Gasteiger partial charge on any atom is 0.294 e. The van der Waals surface area contributed by atoms with Crippen LogP contribution in [0.1, 0.15) is 36.5 Å². The molecule has 1 fully saturated rings. The van der Waals surface area contributed by atoms with Crippen molar-refractivity contribution < 1.29 is 14.1 Å². The molecule has 0 radical (unpaired) electrons. The Labute approximate surface area is 161 Å². The summed E-state index contributed by atoms with van der Waals surface area (Å²) in [5.41, 5.74) is 0.891. The van der Waals surface area contributed by atoms with Crippen LogP contribution in [-0.2, 0) is 0 Å². The Bertz CT molecular complexity index is 873. The number of rotatable bonds is 4. The number of piperidine rings is 1. The Kier molecular flexibility index (Phi) is 5.60. The highest BCUT2D eigenvalue weighted by Crippen LogP contribution is 2.39. The normalized spacial score (nSPS) is 16.9. The van der Waals surface area contributed by atoms with Crippen LogP contribution < -0.4 is 10.2 Å². The fourth-order valence-corrected chi connectivity index (χ4v) is 3.48. The van der Waals surface area contributed by atoms with Crippen LogP contribution in [0.5, 0.6) is 0 Å². The number of nitro groups is 1. The van der Waals surface area contributed by atoms with E-state index in [4.69, 9.17) is 11.6 Å². The molecule has 1 aliphatic rings. The zero-order chi connectivity index (χ0) is 19.6. The lowest BCUT2D eigenvalue weighted by Gasteiger charge is -2.35. The largest absolute Gasteiger partial charge is 0.363 e. The number of amides is 1. The standard InChI is InChI=1S/C19H19ClFN3O3/c1-12-4-2-3-9-23(12)17-11-16(15(20)10-18(17)24(26)27)22-19(25)13-5-7-14(21)8-6-13/h5-8,10-12H,2-4,9H2,1H3,(H,22,25)/t12-/m0/s1. The second kappa shape index (κ2) is 7.92. The minimum absolute atomic E-state index is 0.0746. The van der Waals surface area contributed by atoms with Crippen molar-refractivity contribution in [3.63, 3.8) is 0 Å². The number of nitrogens with one attached hydrogen (secondary N) is 1. The molecule has 0 spiro atoms. The molecule has 1 aliphatic heterocycles. The summed E-state index contributed by atoms with van der Waals surface area (Å²) in [6, 6.07) is 8.05. The molecule has 0 bridgehead atoms. The van der Waals surface area contributed by atoms with Crippen molar-refractivity contribution in [2.75, 3.05) is 16.8 Å². The smallest absolute Gasteiger partial charge is 0.294 e. The molecule has 0 saturated carbocycles. The summed E-state index contributed by atoms with van der Waals surface area (Å²) in [4.78, 5) is 25.4. The zero-order valence-corrected chi connectivity index (χ0v) is 15.5. The van der Waals surface area contributed by atoms with Gasteiger partial charge in [-0.2, -0.15) is 0 Å². The zero-order valence-electron chi connectivity index (χ0n) is 14.7. The Balaban J connectivity index is 1.95. The van der Waals surface area contributed by atoms with E-state index in [0.717, 1.165) is 19.3 Å². The van der Waals surface area contributed by atoms with Crippen LogP contribution in [0.15, 0.2) is 36.4 Å². The average Bonchev–Trinajstić information content (AvgIpc) is 2.64. The summed E-state index contributed by atoms with van der Waals surface area (Å²) < 4.78 is 13.0. The van der Waals surface area contributed by atoms with Crippen molar-refractivity contribution in [3.8, 4) is 0 Å². The van der Waals surface area contributed by atoms with Crippen molar-refractivity contribution in [1.82, 2.24) is 0 Å².